The Balaban J connectivity index is 2.25. The molecule has 88 valence electrons. The summed E-state index contributed by atoms with van der Waals surface area (Å²) in [6, 6.07) is 7.51. The number of pyridine rings is 1. The third kappa shape index (κ3) is 2.77. The molecule has 0 unspecified atom stereocenters. The van der Waals surface area contributed by atoms with Crippen LogP contribution in [0.4, 0.5) is 5.69 Å². The van der Waals surface area contributed by atoms with Crippen LogP contribution in [0.5, 0.6) is 11.6 Å². The molecule has 17 heavy (non-hydrogen) atoms. The minimum absolute atomic E-state index is 0.509. The lowest BCUT2D eigenvalue weighted by molar-refractivity contribution is 0.462. The van der Waals surface area contributed by atoms with Crippen molar-refractivity contribution < 1.29 is 4.74 Å². The van der Waals surface area contributed by atoms with E-state index in [1.807, 2.05) is 32.0 Å². The van der Waals surface area contributed by atoms with E-state index in [9.17, 15) is 0 Å². The Labute approximate surface area is 109 Å². The molecule has 0 fully saturated rings. The zero-order chi connectivity index (χ0) is 12.4. The second kappa shape index (κ2) is 4.75. The third-order valence-electron chi connectivity index (χ3n) is 2.47. The zero-order valence-electron chi connectivity index (χ0n) is 9.70. The number of nitrogens with two attached hydrogens (primary N) is 1. The first-order valence-corrected chi connectivity index (χ1v) is 6.01. The van der Waals surface area contributed by atoms with Gasteiger partial charge in [0.25, 0.3) is 0 Å². The van der Waals surface area contributed by atoms with Crippen molar-refractivity contribution in [3.63, 3.8) is 0 Å². The molecule has 2 aromatic rings. The lowest BCUT2D eigenvalue weighted by atomic mass is 10.2. The highest BCUT2D eigenvalue weighted by molar-refractivity contribution is 9.10. The summed E-state index contributed by atoms with van der Waals surface area (Å²) >= 11 is 3.44. The predicted molar refractivity (Wildman–Crippen MR) is 72.3 cm³/mol. The number of hydrogen-bond acceptors (Lipinski definition) is 3. The molecule has 0 saturated heterocycles. The van der Waals surface area contributed by atoms with E-state index in [2.05, 4.69) is 20.9 Å². The molecule has 0 saturated carbocycles. The molecule has 1 aromatic heterocycles. The number of aryl methyl sites for hydroxylation is 2. The Morgan fingerprint density at radius 2 is 1.94 bits per heavy atom. The second-order valence-electron chi connectivity index (χ2n) is 3.89. The van der Waals surface area contributed by atoms with Crippen LogP contribution in [0, 0.1) is 13.8 Å². The van der Waals surface area contributed by atoms with Gasteiger partial charge in [0.1, 0.15) is 5.75 Å². The molecule has 0 aliphatic heterocycles. The van der Waals surface area contributed by atoms with Gasteiger partial charge in [0, 0.05) is 22.4 Å². The number of benzene rings is 1. The van der Waals surface area contributed by atoms with Crippen molar-refractivity contribution in [2.24, 2.45) is 0 Å². The Bertz CT molecular complexity index is 506. The van der Waals surface area contributed by atoms with Crippen molar-refractivity contribution in [3.8, 4) is 11.6 Å². The van der Waals surface area contributed by atoms with Gasteiger partial charge in [0.05, 0.1) is 0 Å². The SMILES string of the molecule is Cc1cnc(Oc2ccc(Br)c(C)c2)cc1N. The number of nitrogens with zero attached hydrogens (tertiary/aromatic N) is 1. The van der Waals surface area contributed by atoms with Crippen molar-refractivity contribution in [3.05, 3.63) is 46.1 Å². The van der Waals surface area contributed by atoms with E-state index in [0.29, 0.717) is 11.6 Å². The minimum atomic E-state index is 0.509. The highest BCUT2D eigenvalue weighted by Gasteiger charge is 2.03. The molecule has 0 aliphatic carbocycles. The van der Waals surface area contributed by atoms with Crippen molar-refractivity contribution in [1.82, 2.24) is 4.98 Å². The number of anilines is 1. The van der Waals surface area contributed by atoms with E-state index < -0.39 is 0 Å². The molecule has 0 aliphatic rings. The first-order valence-electron chi connectivity index (χ1n) is 5.22. The molecule has 0 bridgehead atoms. The molecule has 0 atom stereocenters. The molecule has 0 radical (unpaired) electrons. The standard InChI is InChI=1S/C13H13BrN2O/c1-8-5-10(3-4-11(8)14)17-13-6-12(15)9(2)7-16-13/h3-7H,1-2H3,(H2,15,16). The van der Waals surface area contributed by atoms with Crippen molar-refractivity contribution >= 4 is 21.6 Å². The molecule has 1 heterocycles. The van der Waals surface area contributed by atoms with Gasteiger partial charge in [-0.05, 0) is 43.2 Å². The summed E-state index contributed by atoms with van der Waals surface area (Å²) in [5.74, 6) is 1.26. The van der Waals surface area contributed by atoms with E-state index in [-0.39, 0.29) is 0 Å². The van der Waals surface area contributed by atoms with Crippen LogP contribution in [-0.2, 0) is 0 Å². The number of halogens is 1. The fourth-order valence-corrected chi connectivity index (χ4v) is 1.62. The summed E-state index contributed by atoms with van der Waals surface area (Å²) in [5, 5.41) is 0. The summed E-state index contributed by atoms with van der Waals surface area (Å²) in [7, 11) is 0. The molecule has 2 rings (SSSR count). The quantitative estimate of drug-likeness (QED) is 0.915. The van der Waals surface area contributed by atoms with Crippen LogP contribution in [0.3, 0.4) is 0 Å². The van der Waals surface area contributed by atoms with Crippen molar-refractivity contribution in [2.75, 3.05) is 5.73 Å². The van der Waals surface area contributed by atoms with E-state index in [1.165, 1.54) is 0 Å². The maximum Gasteiger partial charge on any atom is 0.221 e. The van der Waals surface area contributed by atoms with Gasteiger partial charge in [0.15, 0.2) is 0 Å². The fraction of sp³-hybridized carbons (Fsp3) is 0.154. The van der Waals surface area contributed by atoms with Gasteiger partial charge in [-0.15, -0.1) is 0 Å². The lowest BCUT2D eigenvalue weighted by Gasteiger charge is -2.07. The molecule has 4 heteroatoms. The summed E-state index contributed by atoms with van der Waals surface area (Å²) in [6.45, 7) is 3.92. The number of aromatic nitrogens is 1. The van der Waals surface area contributed by atoms with Gasteiger partial charge in [-0.3, -0.25) is 0 Å². The highest BCUT2D eigenvalue weighted by atomic mass is 79.9. The number of nitrogen functional groups attached to an aromatic ring is 1. The van der Waals surface area contributed by atoms with Crippen LogP contribution in [0.15, 0.2) is 34.9 Å². The van der Waals surface area contributed by atoms with E-state index >= 15 is 0 Å². The number of ether oxygens (including phenoxy) is 1. The predicted octanol–water partition coefficient (Wildman–Crippen LogP) is 3.84. The van der Waals surface area contributed by atoms with Crippen LogP contribution in [0.25, 0.3) is 0 Å². The smallest absolute Gasteiger partial charge is 0.221 e. The average molecular weight is 293 g/mol. The molecule has 2 N–H and O–H groups in total. The van der Waals surface area contributed by atoms with Gasteiger partial charge in [-0.1, -0.05) is 15.9 Å². The normalized spacial score (nSPS) is 10.3. The fourth-order valence-electron chi connectivity index (χ4n) is 1.38. The van der Waals surface area contributed by atoms with E-state index in [0.717, 1.165) is 21.3 Å². The van der Waals surface area contributed by atoms with Crippen molar-refractivity contribution in [1.29, 1.82) is 0 Å². The minimum Gasteiger partial charge on any atom is -0.439 e. The zero-order valence-corrected chi connectivity index (χ0v) is 11.3. The number of hydrogen-bond donors (Lipinski definition) is 1. The van der Waals surface area contributed by atoms with Gasteiger partial charge in [-0.25, -0.2) is 4.98 Å². The summed E-state index contributed by atoms with van der Waals surface area (Å²) < 4.78 is 6.69. The van der Waals surface area contributed by atoms with Crippen LogP contribution >= 0.6 is 15.9 Å². The first-order chi connectivity index (χ1) is 8.06. The molecule has 0 amide bonds. The second-order valence-corrected chi connectivity index (χ2v) is 4.75. The van der Waals surface area contributed by atoms with Gasteiger partial charge >= 0.3 is 0 Å². The van der Waals surface area contributed by atoms with Crippen LogP contribution in [0.1, 0.15) is 11.1 Å². The van der Waals surface area contributed by atoms with Crippen molar-refractivity contribution in [2.45, 2.75) is 13.8 Å². The van der Waals surface area contributed by atoms with E-state index in [4.69, 9.17) is 10.5 Å². The maximum atomic E-state index is 5.80. The Hall–Kier alpha value is -1.55. The Morgan fingerprint density at radius 1 is 1.18 bits per heavy atom. The summed E-state index contributed by atoms with van der Waals surface area (Å²) in [6.07, 6.45) is 1.70. The topological polar surface area (TPSA) is 48.1 Å². The van der Waals surface area contributed by atoms with Gasteiger partial charge in [0.2, 0.25) is 5.88 Å². The summed E-state index contributed by atoms with van der Waals surface area (Å²) in [5.41, 5.74) is 8.55. The van der Waals surface area contributed by atoms with Gasteiger partial charge in [-0.2, -0.15) is 0 Å². The van der Waals surface area contributed by atoms with E-state index in [1.54, 1.807) is 12.3 Å². The largest absolute Gasteiger partial charge is 0.439 e. The van der Waals surface area contributed by atoms with Crippen LogP contribution in [0.2, 0.25) is 0 Å². The van der Waals surface area contributed by atoms with Crippen LogP contribution in [-0.4, -0.2) is 4.98 Å². The van der Waals surface area contributed by atoms with Gasteiger partial charge < -0.3 is 10.5 Å². The third-order valence-corrected chi connectivity index (χ3v) is 3.36. The first kappa shape index (κ1) is 11.9. The average Bonchev–Trinajstić information content (AvgIpc) is 2.29. The molecular formula is C13H13BrN2O. The molecule has 1 aromatic carbocycles. The molecular weight excluding hydrogens is 280 g/mol. The monoisotopic (exact) mass is 292 g/mol. The summed E-state index contributed by atoms with van der Waals surface area (Å²) in [4.78, 5) is 4.17. The molecule has 0 spiro atoms. The highest BCUT2D eigenvalue weighted by Crippen LogP contribution is 2.26. The maximum absolute atomic E-state index is 5.80. The van der Waals surface area contributed by atoms with Crippen LogP contribution < -0.4 is 10.5 Å². The Morgan fingerprint density at radius 3 is 2.59 bits per heavy atom. The Kier molecular flexibility index (Phi) is 3.33. The molecule has 3 nitrogen and oxygen atoms in total. The number of rotatable bonds is 2. The lowest BCUT2D eigenvalue weighted by Crippen LogP contribution is -1.94.